The molecular weight excluding hydrogens is 348 g/mol. The number of rotatable bonds is 5. The van der Waals surface area contributed by atoms with Gasteiger partial charge in [-0.05, 0) is 92.8 Å². The Labute approximate surface area is 171 Å². The van der Waals surface area contributed by atoms with Crippen molar-refractivity contribution < 1.29 is 14.3 Å². The molecule has 7 atom stereocenters. The van der Waals surface area contributed by atoms with Crippen LogP contribution >= 0.6 is 0 Å². The van der Waals surface area contributed by atoms with Crippen molar-refractivity contribution in [2.75, 3.05) is 6.61 Å². The van der Waals surface area contributed by atoms with Crippen molar-refractivity contribution in [3.05, 3.63) is 0 Å². The van der Waals surface area contributed by atoms with Gasteiger partial charge in [-0.15, -0.1) is 0 Å². The first-order chi connectivity index (χ1) is 13.4. The standard InChI is InChI=1S/C25H40O3/c1-4-28-22(27)10-7-9-17-11-12-19-23-20(13-15-25(17,19)3)24(2)14-6-5-8-18(24)16-21(23)26/h17-20,23H,4-16H2,1-3H3. The van der Waals surface area contributed by atoms with E-state index >= 15 is 0 Å². The van der Waals surface area contributed by atoms with Gasteiger partial charge in [-0.25, -0.2) is 0 Å². The quantitative estimate of drug-likeness (QED) is 0.547. The summed E-state index contributed by atoms with van der Waals surface area (Å²) in [7, 11) is 0. The van der Waals surface area contributed by atoms with Crippen LogP contribution in [0.15, 0.2) is 0 Å². The summed E-state index contributed by atoms with van der Waals surface area (Å²) in [4.78, 5) is 25.0. The van der Waals surface area contributed by atoms with E-state index in [1.54, 1.807) is 0 Å². The lowest BCUT2D eigenvalue weighted by molar-refractivity contribution is -0.155. The van der Waals surface area contributed by atoms with Crippen LogP contribution in [0, 0.1) is 40.4 Å². The van der Waals surface area contributed by atoms with Crippen LogP contribution in [0.5, 0.6) is 0 Å². The van der Waals surface area contributed by atoms with E-state index in [0.29, 0.717) is 59.2 Å². The highest BCUT2D eigenvalue weighted by Crippen LogP contribution is 2.67. The topological polar surface area (TPSA) is 43.4 Å². The molecular formula is C25H40O3. The summed E-state index contributed by atoms with van der Waals surface area (Å²) < 4.78 is 5.10. The summed E-state index contributed by atoms with van der Waals surface area (Å²) in [6, 6.07) is 0. The van der Waals surface area contributed by atoms with Gasteiger partial charge < -0.3 is 4.74 Å². The van der Waals surface area contributed by atoms with Gasteiger partial charge in [-0.2, -0.15) is 0 Å². The second-order valence-electron chi connectivity index (χ2n) is 10.9. The molecule has 7 unspecified atom stereocenters. The van der Waals surface area contributed by atoms with Gasteiger partial charge in [-0.1, -0.05) is 26.7 Å². The molecule has 4 fully saturated rings. The molecule has 0 aromatic carbocycles. The molecule has 3 heteroatoms. The molecule has 0 spiro atoms. The van der Waals surface area contributed by atoms with Crippen molar-refractivity contribution in [2.45, 2.75) is 97.8 Å². The Morgan fingerprint density at radius 3 is 2.61 bits per heavy atom. The van der Waals surface area contributed by atoms with Crippen LogP contribution in [0.2, 0.25) is 0 Å². The van der Waals surface area contributed by atoms with Crippen LogP contribution < -0.4 is 0 Å². The zero-order valence-corrected chi connectivity index (χ0v) is 18.3. The average Bonchev–Trinajstić information content (AvgIpc) is 2.99. The molecule has 0 radical (unpaired) electrons. The van der Waals surface area contributed by atoms with Crippen molar-refractivity contribution >= 4 is 11.8 Å². The van der Waals surface area contributed by atoms with E-state index in [9.17, 15) is 9.59 Å². The minimum absolute atomic E-state index is 0.0513. The van der Waals surface area contributed by atoms with Crippen LogP contribution in [-0.4, -0.2) is 18.4 Å². The molecule has 0 aromatic heterocycles. The Morgan fingerprint density at radius 1 is 1.04 bits per heavy atom. The van der Waals surface area contributed by atoms with Crippen LogP contribution in [-0.2, 0) is 14.3 Å². The second-order valence-corrected chi connectivity index (χ2v) is 10.9. The Balaban J connectivity index is 1.46. The maximum absolute atomic E-state index is 13.3. The number of hydrogen-bond acceptors (Lipinski definition) is 3. The van der Waals surface area contributed by atoms with Gasteiger partial charge in [0, 0.05) is 18.8 Å². The molecule has 0 aromatic rings. The largest absolute Gasteiger partial charge is 0.466 e. The predicted molar refractivity (Wildman–Crippen MR) is 111 cm³/mol. The Bertz CT molecular complexity index is 613. The first-order valence-electron chi connectivity index (χ1n) is 12.1. The van der Waals surface area contributed by atoms with Crippen molar-refractivity contribution in [1.82, 2.24) is 0 Å². The number of carbonyl (C=O) groups excluding carboxylic acids is 2. The van der Waals surface area contributed by atoms with Gasteiger partial charge in [-0.3, -0.25) is 9.59 Å². The third-order valence-corrected chi connectivity index (χ3v) is 9.82. The fourth-order valence-corrected chi connectivity index (χ4v) is 8.27. The first kappa shape index (κ1) is 20.4. The van der Waals surface area contributed by atoms with Crippen molar-refractivity contribution in [3.63, 3.8) is 0 Å². The van der Waals surface area contributed by atoms with Crippen molar-refractivity contribution in [1.29, 1.82) is 0 Å². The maximum atomic E-state index is 13.3. The molecule has 28 heavy (non-hydrogen) atoms. The Hall–Kier alpha value is -0.860. The Morgan fingerprint density at radius 2 is 1.82 bits per heavy atom. The van der Waals surface area contributed by atoms with Crippen molar-refractivity contribution in [3.8, 4) is 0 Å². The highest BCUT2D eigenvalue weighted by Gasteiger charge is 2.61. The molecule has 0 saturated heterocycles. The zero-order valence-electron chi connectivity index (χ0n) is 18.3. The summed E-state index contributed by atoms with van der Waals surface area (Å²) in [6.07, 6.45) is 13.8. The van der Waals surface area contributed by atoms with E-state index in [0.717, 1.165) is 19.3 Å². The van der Waals surface area contributed by atoms with E-state index in [4.69, 9.17) is 4.74 Å². The summed E-state index contributed by atoms with van der Waals surface area (Å²) in [6.45, 7) is 7.37. The zero-order chi connectivity index (χ0) is 19.9. The summed E-state index contributed by atoms with van der Waals surface area (Å²) in [5, 5.41) is 0. The number of esters is 1. The molecule has 158 valence electrons. The number of fused-ring (bicyclic) bond motifs is 5. The van der Waals surface area contributed by atoms with Crippen LogP contribution in [0.25, 0.3) is 0 Å². The van der Waals surface area contributed by atoms with Gasteiger partial charge >= 0.3 is 5.97 Å². The minimum Gasteiger partial charge on any atom is -0.466 e. The molecule has 0 bridgehead atoms. The third kappa shape index (κ3) is 3.25. The lowest BCUT2D eigenvalue weighted by Crippen LogP contribution is -2.56. The number of ether oxygens (including phenoxy) is 1. The van der Waals surface area contributed by atoms with Gasteiger partial charge in [0.1, 0.15) is 5.78 Å². The molecule has 4 aliphatic carbocycles. The molecule has 3 nitrogen and oxygen atoms in total. The van der Waals surface area contributed by atoms with Gasteiger partial charge in [0.05, 0.1) is 6.61 Å². The highest BCUT2D eigenvalue weighted by atomic mass is 16.5. The van der Waals surface area contributed by atoms with Gasteiger partial charge in [0.15, 0.2) is 0 Å². The number of carbonyl (C=O) groups is 2. The van der Waals surface area contributed by atoms with E-state index in [1.807, 2.05) is 6.92 Å². The fourth-order valence-electron chi connectivity index (χ4n) is 8.27. The van der Waals surface area contributed by atoms with E-state index in [-0.39, 0.29) is 5.97 Å². The monoisotopic (exact) mass is 388 g/mol. The molecule has 4 rings (SSSR count). The number of Topliss-reactive ketones (excluding diaryl/α,β-unsaturated/α-hetero) is 1. The molecule has 0 aliphatic heterocycles. The number of hydrogen-bond donors (Lipinski definition) is 0. The predicted octanol–water partition coefficient (Wildman–Crippen LogP) is 5.95. The maximum Gasteiger partial charge on any atom is 0.305 e. The third-order valence-electron chi connectivity index (χ3n) is 9.82. The Kier molecular flexibility index (Phi) is 5.66. The summed E-state index contributed by atoms with van der Waals surface area (Å²) in [5.41, 5.74) is 0.726. The summed E-state index contributed by atoms with van der Waals surface area (Å²) >= 11 is 0. The fraction of sp³-hybridized carbons (Fsp3) is 0.920. The van der Waals surface area contributed by atoms with Gasteiger partial charge in [0.25, 0.3) is 0 Å². The van der Waals surface area contributed by atoms with E-state index in [2.05, 4.69) is 13.8 Å². The van der Waals surface area contributed by atoms with E-state index < -0.39 is 0 Å². The smallest absolute Gasteiger partial charge is 0.305 e. The molecule has 0 amide bonds. The highest BCUT2D eigenvalue weighted by molar-refractivity contribution is 5.83. The molecule has 0 heterocycles. The SMILES string of the molecule is CCOC(=O)CCCC1CCC2C3C(=O)CC4CCCCC4(C)C3CCC12C. The first-order valence-corrected chi connectivity index (χ1v) is 12.1. The lowest BCUT2D eigenvalue weighted by atomic mass is 9.44. The average molecular weight is 389 g/mol. The van der Waals surface area contributed by atoms with E-state index in [1.165, 1.54) is 51.4 Å². The van der Waals surface area contributed by atoms with Crippen LogP contribution in [0.1, 0.15) is 97.8 Å². The number of ketones is 1. The minimum atomic E-state index is -0.0513. The van der Waals surface area contributed by atoms with Crippen LogP contribution in [0.4, 0.5) is 0 Å². The molecule has 4 saturated carbocycles. The van der Waals surface area contributed by atoms with Crippen LogP contribution in [0.3, 0.4) is 0 Å². The van der Waals surface area contributed by atoms with Crippen molar-refractivity contribution in [2.24, 2.45) is 40.4 Å². The van der Waals surface area contributed by atoms with Gasteiger partial charge in [0.2, 0.25) is 0 Å². The summed E-state index contributed by atoms with van der Waals surface area (Å²) in [5.74, 6) is 3.44. The molecule has 0 N–H and O–H groups in total. The lowest BCUT2D eigenvalue weighted by Gasteiger charge is -2.59. The second kappa shape index (κ2) is 7.76. The normalized spacial score (nSPS) is 45.1. The molecule has 4 aliphatic rings.